The van der Waals surface area contributed by atoms with Gasteiger partial charge in [0.15, 0.2) is 0 Å². The standard InChI is InChI=1S/C21H39N3O2/c1-19(25)24(12-6-11-22-13-15-26-16-14-22)21-9-5-10-23(18-21)17-20-7-3-2-4-8-20/h20-21H,2-18H2,1H3. The van der Waals surface area contributed by atoms with Crippen LogP contribution in [0.2, 0.25) is 0 Å². The van der Waals surface area contributed by atoms with Crippen molar-refractivity contribution in [3.05, 3.63) is 0 Å². The van der Waals surface area contributed by atoms with Gasteiger partial charge in [0.1, 0.15) is 0 Å². The second-order valence-electron chi connectivity index (χ2n) is 8.58. The van der Waals surface area contributed by atoms with Gasteiger partial charge in [-0.2, -0.15) is 0 Å². The summed E-state index contributed by atoms with van der Waals surface area (Å²) < 4.78 is 5.42. The zero-order valence-electron chi connectivity index (χ0n) is 16.8. The Kier molecular flexibility index (Phi) is 8.21. The van der Waals surface area contributed by atoms with Crippen molar-refractivity contribution < 1.29 is 9.53 Å². The average Bonchev–Trinajstić information content (AvgIpc) is 2.67. The van der Waals surface area contributed by atoms with Gasteiger partial charge < -0.3 is 14.5 Å². The van der Waals surface area contributed by atoms with Gasteiger partial charge in [-0.05, 0) is 44.6 Å². The summed E-state index contributed by atoms with van der Waals surface area (Å²) in [5, 5.41) is 0. The SMILES string of the molecule is CC(=O)N(CCCN1CCOCC1)C1CCCN(CC2CCCCC2)C1. The van der Waals surface area contributed by atoms with Crippen molar-refractivity contribution in [3.8, 4) is 0 Å². The van der Waals surface area contributed by atoms with Crippen LogP contribution in [0, 0.1) is 5.92 Å². The number of carbonyl (C=O) groups excluding carboxylic acids is 1. The fourth-order valence-corrected chi connectivity index (χ4v) is 5.07. The summed E-state index contributed by atoms with van der Waals surface area (Å²) >= 11 is 0. The van der Waals surface area contributed by atoms with Crippen LogP contribution < -0.4 is 0 Å². The predicted molar refractivity (Wildman–Crippen MR) is 105 cm³/mol. The van der Waals surface area contributed by atoms with Gasteiger partial charge in [-0.3, -0.25) is 9.69 Å². The van der Waals surface area contributed by atoms with Gasteiger partial charge in [-0.25, -0.2) is 0 Å². The maximum Gasteiger partial charge on any atom is 0.219 e. The molecule has 26 heavy (non-hydrogen) atoms. The molecular weight excluding hydrogens is 326 g/mol. The summed E-state index contributed by atoms with van der Waals surface area (Å²) in [6, 6.07) is 0.425. The van der Waals surface area contributed by atoms with E-state index in [4.69, 9.17) is 4.74 Å². The van der Waals surface area contributed by atoms with Crippen molar-refractivity contribution in [1.29, 1.82) is 0 Å². The van der Waals surface area contributed by atoms with Crippen molar-refractivity contribution in [2.75, 3.05) is 59.0 Å². The normalized spacial score (nSPS) is 26.7. The smallest absolute Gasteiger partial charge is 0.219 e. The lowest BCUT2D eigenvalue weighted by molar-refractivity contribution is -0.132. The van der Waals surface area contributed by atoms with Gasteiger partial charge in [0, 0.05) is 52.2 Å². The van der Waals surface area contributed by atoms with E-state index in [2.05, 4.69) is 14.7 Å². The molecule has 1 unspecified atom stereocenters. The van der Waals surface area contributed by atoms with Crippen molar-refractivity contribution in [2.24, 2.45) is 5.92 Å². The molecule has 150 valence electrons. The number of morpholine rings is 1. The van der Waals surface area contributed by atoms with Crippen molar-refractivity contribution >= 4 is 5.91 Å². The van der Waals surface area contributed by atoms with Crippen LogP contribution in [0.1, 0.15) is 58.3 Å². The minimum absolute atomic E-state index is 0.261. The molecule has 0 aromatic carbocycles. The molecule has 0 aromatic heterocycles. The quantitative estimate of drug-likeness (QED) is 0.695. The third-order valence-corrected chi connectivity index (χ3v) is 6.54. The molecule has 1 atom stereocenters. The van der Waals surface area contributed by atoms with E-state index < -0.39 is 0 Å². The Morgan fingerprint density at radius 1 is 1.00 bits per heavy atom. The largest absolute Gasteiger partial charge is 0.379 e. The molecule has 1 aliphatic carbocycles. The maximum atomic E-state index is 12.3. The van der Waals surface area contributed by atoms with Crippen molar-refractivity contribution in [3.63, 3.8) is 0 Å². The molecule has 3 aliphatic rings. The topological polar surface area (TPSA) is 36.0 Å². The predicted octanol–water partition coefficient (Wildman–Crippen LogP) is 2.60. The molecule has 2 aliphatic heterocycles. The summed E-state index contributed by atoms with van der Waals surface area (Å²) in [5.41, 5.74) is 0. The number of carbonyl (C=O) groups is 1. The number of nitrogens with zero attached hydrogens (tertiary/aromatic N) is 3. The van der Waals surface area contributed by atoms with E-state index in [0.29, 0.717) is 6.04 Å². The molecule has 0 aromatic rings. The van der Waals surface area contributed by atoms with Crippen LogP contribution in [0.25, 0.3) is 0 Å². The van der Waals surface area contributed by atoms with Crippen molar-refractivity contribution in [2.45, 2.75) is 64.3 Å². The van der Waals surface area contributed by atoms with Gasteiger partial charge >= 0.3 is 0 Å². The zero-order chi connectivity index (χ0) is 18.2. The van der Waals surface area contributed by atoms with Crippen LogP contribution in [-0.2, 0) is 9.53 Å². The summed E-state index contributed by atoms with van der Waals surface area (Å²) in [4.78, 5) is 19.6. The Morgan fingerprint density at radius 3 is 2.50 bits per heavy atom. The molecule has 0 spiro atoms. The number of likely N-dealkylation sites (tertiary alicyclic amines) is 1. The van der Waals surface area contributed by atoms with E-state index in [1.807, 2.05) is 0 Å². The number of hydrogen-bond acceptors (Lipinski definition) is 4. The Morgan fingerprint density at radius 2 is 1.77 bits per heavy atom. The Hall–Kier alpha value is -0.650. The first-order chi connectivity index (χ1) is 12.7. The van der Waals surface area contributed by atoms with E-state index in [-0.39, 0.29) is 5.91 Å². The number of amides is 1. The van der Waals surface area contributed by atoms with Crippen LogP contribution in [0.3, 0.4) is 0 Å². The molecule has 2 heterocycles. The van der Waals surface area contributed by atoms with Gasteiger partial charge in [0.25, 0.3) is 0 Å². The van der Waals surface area contributed by atoms with Crippen molar-refractivity contribution in [1.82, 2.24) is 14.7 Å². The monoisotopic (exact) mass is 365 g/mol. The number of ether oxygens (including phenoxy) is 1. The Bertz CT molecular complexity index is 419. The Balaban J connectivity index is 1.44. The maximum absolute atomic E-state index is 12.3. The van der Waals surface area contributed by atoms with Gasteiger partial charge in [-0.15, -0.1) is 0 Å². The lowest BCUT2D eigenvalue weighted by Gasteiger charge is -2.41. The number of rotatable bonds is 7. The lowest BCUT2D eigenvalue weighted by atomic mass is 9.88. The lowest BCUT2D eigenvalue weighted by Crippen LogP contribution is -2.51. The van der Waals surface area contributed by atoms with Crippen LogP contribution >= 0.6 is 0 Å². The summed E-state index contributed by atoms with van der Waals surface area (Å²) in [6.07, 6.45) is 10.6. The first kappa shape index (κ1) is 20.1. The van der Waals surface area contributed by atoms with Crippen LogP contribution in [-0.4, -0.2) is 85.7 Å². The second kappa shape index (κ2) is 10.6. The molecule has 3 rings (SSSR count). The summed E-state index contributed by atoms with van der Waals surface area (Å²) in [5.74, 6) is 1.16. The molecular formula is C21H39N3O2. The Labute approximate surface area is 160 Å². The molecule has 0 N–H and O–H groups in total. The van der Waals surface area contributed by atoms with E-state index >= 15 is 0 Å². The highest BCUT2D eigenvalue weighted by Gasteiger charge is 2.28. The molecule has 1 amide bonds. The highest BCUT2D eigenvalue weighted by atomic mass is 16.5. The van der Waals surface area contributed by atoms with Gasteiger partial charge in [0.05, 0.1) is 13.2 Å². The molecule has 5 heteroatoms. The third-order valence-electron chi connectivity index (χ3n) is 6.54. The van der Waals surface area contributed by atoms with Crippen LogP contribution in [0.5, 0.6) is 0 Å². The number of piperidine rings is 1. The third kappa shape index (κ3) is 6.21. The fraction of sp³-hybridized carbons (Fsp3) is 0.952. The van der Waals surface area contributed by atoms with E-state index in [1.54, 1.807) is 6.92 Å². The average molecular weight is 366 g/mol. The summed E-state index contributed by atoms with van der Waals surface area (Å²) in [7, 11) is 0. The highest BCUT2D eigenvalue weighted by Crippen LogP contribution is 2.26. The molecule has 1 saturated carbocycles. The van der Waals surface area contributed by atoms with Crippen LogP contribution in [0.15, 0.2) is 0 Å². The van der Waals surface area contributed by atoms with E-state index in [0.717, 1.165) is 58.3 Å². The number of hydrogen-bond donors (Lipinski definition) is 0. The highest BCUT2D eigenvalue weighted by molar-refractivity contribution is 5.73. The molecule has 2 saturated heterocycles. The zero-order valence-corrected chi connectivity index (χ0v) is 16.8. The minimum Gasteiger partial charge on any atom is -0.379 e. The molecule has 3 fully saturated rings. The summed E-state index contributed by atoms with van der Waals surface area (Å²) in [6.45, 7) is 11.1. The fourth-order valence-electron chi connectivity index (χ4n) is 5.07. The molecule has 0 radical (unpaired) electrons. The minimum atomic E-state index is 0.261. The molecule has 5 nitrogen and oxygen atoms in total. The van der Waals surface area contributed by atoms with Crippen LogP contribution in [0.4, 0.5) is 0 Å². The van der Waals surface area contributed by atoms with Gasteiger partial charge in [-0.1, -0.05) is 19.3 Å². The molecule has 0 bridgehead atoms. The first-order valence-corrected chi connectivity index (χ1v) is 11.0. The second-order valence-corrected chi connectivity index (χ2v) is 8.58. The van der Waals surface area contributed by atoms with E-state index in [1.165, 1.54) is 58.0 Å². The van der Waals surface area contributed by atoms with Gasteiger partial charge in [0.2, 0.25) is 5.91 Å². The first-order valence-electron chi connectivity index (χ1n) is 11.0. The van der Waals surface area contributed by atoms with E-state index in [9.17, 15) is 4.79 Å².